The molecule has 0 aromatic heterocycles. The fourth-order valence-corrected chi connectivity index (χ4v) is 2.10. The summed E-state index contributed by atoms with van der Waals surface area (Å²) in [5, 5.41) is 3.49. The Bertz CT molecular complexity index is 385. The highest BCUT2D eigenvalue weighted by Gasteiger charge is 2.12. The van der Waals surface area contributed by atoms with E-state index in [1.807, 2.05) is 6.07 Å². The number of hydrogen-bond donors (Lipinski definition) is 1. The fourth-order valence-electron chi connectivity index (χ4n) is 1.49. The average molecular weight is 314 g/mol. The van der Waals surface area contributed by atoms with Gasteiger partial charge in [0.15, 0.2) is 0 Å². The Morgan fingerprint density at radius 2 is 2.00 bits per heavy atom. The van der Waals surface area contributed by atoms with Crippen LogP contribution < -0.4 is 10.1 Å². The lowest BCUT2D eigenvalue weighted by molar-refractivity contribution is 0.243. The lowest BCUT2D eigenvalue weighted by atomic mass is 10.1. The highest BCUT2D eigenvalue weighted by atomic mass is 79.9. The van der Waals surface area contributed by atoms with Crippen LogP contribution in [0.2, 0.25) is 0 Å². The molecule has 0 bridgehead atoms. The second-order valence-corrected chi connectivity index (χ2v) is 6.84. The van der Waals surface area contributed by atoms with Gasteiger partial charge in [0.1, 0.15) is 5.75 Å². The Morgan fingerprint density at radius 1 is 1.33 bits per heavy atom. The van der Waals surface area contributed by atoms with Crippen molar-refractivity contribution in [2.24, 2.45) is 5.92 Å². The lowest BCUT2D eigenvalue weighted by Gasteiger charge is -2.23. The Balaban J connectivity index is 2.40. The number of halogens is 1. The van der Waals surface area contributed by atoms with Gasteiger partial charge in [0.25, 0.3) is 0 Å². The number of hydrogen-bond acceptors (Lipinski definition) is 2. The molecule has 1 aromatic rings. The zero-order valence-corrected chi connectivity index (χ0v) is 13.6. The Kier molecular flexibility index (Phi) is 5.67. The number of aryl methyl sites for hydroxylation is 1. The molecule has 2 nitrogen and oxygen atoms in total. The summed E-state index contributed by atoms with van der Waals surface area (Å²) in [5.41, 5.74) is 1.40. The van der Waals surface area contributed by atoms with Crippen LogP contribution in [0.5, 0.6) is 5.75 Å². The van der Waals surface area contributed by atoms with E-state index in [0.717, 1.165) is 23.4 Å². The first-order valence-corrected chi connectivity index (χ1v) is 7.21. The molecule has 0 aliphatic rings. The minimum Gasteiger partial charge on any atom is -0.492 e. The minimum absolute atomic E-state index is 0.165. The summed E-state index contributed by atoms with van der Waals surface area (Å²) < 4.78 is 6.86. The van der Waals surface area contributed by atoms with Gasteiger partial charge in [-0.15, -0.1) is 0 Å². The zero-order chi connectivity index (χ0) is 13.8. The molecule has 0 saturated heterocycles. The predicted molar refractivity (Wildman–Crippen MR) is 81.3 cm³/mol. The first-order valence-electron chi connectivity index (χ1n) is 6.42. The SMILES string of the molecule is Cc1ccc(OCC(C)CNC(C)(C)C)c(Br)c1. The van der Waals surface area contributed by atoms with Crippen molar-refractivity contribution in [3.05, 3.63) is 28.2 Å². The number of nitrogens with one attached hydrogen (secondary N) is 1. The third-order valence-corrected chi connectivity index (χ3v) is 3.21. The minimum atomic E-state index is 0.165. The second-order valence-electron chi connectivity index (χ2n) is 5.98. The Hall–Kier alpha value is -0.540. The molecule has 1 atom stereocenters. The van der Waals surface area contributed by atoms with E-state index in [4.69, 9.17) is 4.74 Å². The molecule has 0 fully saturated rings. The molecule has 0 amide bonds. The first kappa shape index (κ1) is 15.5. The van der Waals surface area contributed by atoms with Crippen LogP contribution in [0.4, 0.5) is 0 Å². The average Bonchev–Trinajstić information content (AvgIpc) is 2.24. The van der Waals surface area contributed by atoms with Crippen LogP contribution in [0, 0.1) is 12.8 Å². The molecular formula is C15H24BrNO. The molecule has 0 heterocycles. The summed E-state index contributed by atoms with van der Waals surface area (Å²) in [6, 6.07) is 6.16. The van der Waals surface area contributed by atoms with Crippen molar-refractivity contribution in [1.82, 2.24) is 5.32 Å². The van der Waals surface area contributed by atoms with E-state index < -0.39 is 0 Å². The molecule has 1 rings (SSSR count). The lowest BCUT2D eigenvalue weighted by Crippen LogP contribution is -2.39. The van der Waals surface area contributed by atoms with Gasteiger partial charge in [-0.2, -0.15) is 0 Å². The van der Waals surface area contributed by atoms with Gasteiger partial charge in [-0.25, -0.2) is 0 Å². The van der Waals surface area contributed by atoms with Crippen molar-refractivity contribution < 1.29 is 4.74 Å². The van der Waals surface area contributed by atoms with E-state index in [1.165, 1.54) is 5.56 Å². The monoisotopic (exact) mass is 313 g/mol. The molecule has 1 N–H and O–H groups in total. The molecule has 1 unspecified atom stereocenters. The maximum absolute atomic E-state index is 5.83. The molecule has 102 valence electrons. The summed E-state index contributed by atoms with van der Waals surface area (Å²) in [5.74, 6) is 1.40. The van der Waals surface area contributed by atoms with E-state index in [-0.39, 0.29) is 5.54 Å². The largest absolute Gasteiger partial charge is 0.492 e. The molecule has 0 saturated carbocycles. The molecule has 0 radical (unpaired) electrons. The quantitative estimate of drug-likeness (QED) is 0.881. The standard InChI is InChI=1S/C15H24BrNO/c1-11-6-7-14(13(16)8-11)18-10-12(2)9-17-15(3,4)5/h6-8,12,17H,9-10H2,1-5H3. The van der Waals surface area contributed by atoms with Crippen LogP contribution in [0.25, 0.3) is 0 Å². The summed E-state index contributed by atoms with van der Waals surface area (Å²) in [4.78, 5) is 0. The van der Waals surface area contributed by atoms with E-state index in [2.05, 4.69) is 68.0 Å². The zero-order valence-electron chi connectivity index (χ0n) is 12.0. The second kappa shape index (κ2) is 6.58. The van der Waals surface area contributed by atoms with Crippen LogP contribution in [0.3, 0.4) is 0 Å². The fraction of sp³-hybridized carbons (Fsp3) is 0.600. The summed E-state index contributed by atoms with van der Waals surface area (Å²) in [6.07, 6.45) is 0. The summed E-state index contributed by atoms with van der Waals surface area (Å²) >= 11 is 3.53. The maximum Gasteiger partial charge on any atom is 0.133 e. The normalized spacial score (nSPS) is 13.4. The van der Waals surface area contributed by atoms with Gasteiger partial charge < -0.3 is 10.1 Å². The molecule has 0 spiro atoms. The van der Waals surface area contributed by atoms with Crippen LogP contribution in [0.1, 0.15) is 33.3 Å². The third kappa shape index (κ3) is 5.87. The van der Waals surface area contributed by atoms with Crippen molar-refractivity contribution in [3.63, 3.8) is 0 Å². The van der Waals surface area contributed by atoms with Gasteiger partial charge in [-0.05, 0) is 61.3 Å². The van der Waals surface area contributed by atoms with Crippen LogP contribution in [-0.4, -0.2) is 18.7 Å². The summed E-state index contributed by atoms with van der Waals surface area (Å²) in [7, 11) is 0. The van der Waals surface area contributed by atoms with Gasteiger partial charge in [0, 0.05) is 18.0 Å². The van der Waals surface area contributed by atoms with Crippen molar-refractivity contribution in [3.8, 4) is 5.75 Å². The van der Waals surface area contributed by atoms with E-state index >= 15 is 0 Å². The van der Waals surface area contributed by atoms with Crippen LogP contribution in [-0.2, 0) is 0 Å². The number of benzene rings is 1. The predicted octanol–water partition coefficient (Wildman–Crippen LogP) is 4.16. The molecule has 1 aromatic carbocycles. The third-order valence-electron chi connectivity index (χ3n) is 2.59. The molecule has 18 heavy (non-hydrogen) atoms. The van der Waals surface area contributed by atoms with Crippen molar-refractivity contribution in [2.45, 2.75) is 40.2 Å². The van der Waals surface area contributed by atoms with Gasteiger partial charge in [0.2, 0.25) is 0 Å². The topological polar surface area (TPSA) is 21.3 Å². The van der Waals surface area contributed by atoms with E-state index in [0.29, 0.717) is 5.92 Å². The maximum atomic E-state index is 5.83. The van der Waals surface area contributed by atoms with Crippen LogP contribution in [0.15, 0.2) is 22.7 Å². The smallest absolute Gasteiger partial charge is 0.133 e. The molecule has 3 heteroatoms. The van der Waals surface area contributed by atoms with Gasteiger partial charge >= 0.3 is 0 Å². The van der Waals surface area contributed by atoms with Gasteiger partial charge in [0.05, 0.1) is 11.1 Å². The van der Waals surface area contributed by atoms with Crippen molar-refractivity contribution >= 4 is 15.9 Å². The van der Waals surface area contributed by atoms with Crippen LogP contribution >= 0.6 is 15.9 Å². The van der Waals surface area contributed by atoms with E-state index in [9.17, 15) is 0 Å². The Morgan fingerprint density at radius 3 is 2.56 bits per heavy atom. The molecule has 0 aliphatic heterocycles. The van der Waals surface area contributed by atoms with Crippen molar-refractivity contribution in [1.29, 1.82) is 0 Å². The Labute approximate surface area is 119 Å². The molecular weight excluding hydrogens is 290 g/mol. The summed E-state index contributed by atoms with van der Waals surface area (Å²) in [6.45, 7) is 12.5. The highest BCUT2D eigenvalue weighted by Crippen LogP contribution is 2.26. The highest BCUT2D eigenvalue weighted by molar-refractivity contribution is 9.10. The number of rotatable bonds is 5. The van der Waals surface area contributed by atoms with Gasteiger partial charge in [-0.3, -0.25) is 0 Å². The van der Waals surface area contributed by atoms with E-state index in [1.54, 1.807) is 0 Å². The first-order chi connectivity index (χ1) is 8.28. The van der Waals surface area contributed by atoms with Gasteiger partial charge in [-0.1, -0.05) is 13.0 Å². The number of ether oxygens (including phenoxy) is 1. The van der Waals surface area contributed by atoms with Crippen molar-refractivity contribution in [2.75, 3.05) is 13.2 Å². The molecule has 0 aliphatic carbocycles.